The predicted molar refractivity (Wildman–Crippen MR) is 116 cm³/mol. The molecule has 1 aliphatic rings. The lowest BCUT2D eigenvalue weighted by Gasteiger charge is -2.12. The number of anilines is 1. The molecule has 0 atom stereocenters. The predicted octanol–water partition coefficient (Wildman–Crippen LogP) is 3.43. The van der Waals surface area contributed by atoms with Gasteiger partial charge in [0.15, 0.2) is 6.61 Å². The molecule has 11 heteroatoms. The second-order valence-corrected chi connectivity index (χ2v) is 7.90. The number of hydrogen-bond donors (Lipinski definition) is 1. The first kappa shape index (κ1) is 24.3. The number of rotatable bonds is 10. The number of carbonyl (C=O) groups is 4. The highest BCUT2D eigenvalue weighted by Crippen LogP contribution is 2.31. The lowest BCUT2D eigenvalue weighted by Crippen LogP contribution is -2.31. The van der Waals surface area contributed by atoms with E-state index in [0.29, 0.717) is 13.0 Å². The van der Waals surface area contributed by atoms with Gasteiger partial charge < -0.3 is 14.8 Å². The number of benzene rings is 2. The Morgan fingerprint density at radius 2 is 1.82 bits per heavy atom. The number of halogens is 2. The number of imide groups is 1. The van der Waals surface area contributed by atoms with Crippen molar-refractivity contribution in [3.63, 3.8) is 0 Å². The van der Waals surface area contributed by atoms with Crippen molar-refractivity contribution in [2.24, 2.45) is 0 Å². The largest absolute Gasteiger partial charge is 0.452 e. The summed E-state index contributed by atoms with van der Waals surface area (Å²) in [5.41, 5.74) is 0.420. The van der Waals surface area contributed by atoms with E-state index >= 15 is 0 Å². The van der Waals surface area contributed by atoms with Crippen molar-refractivity contribution < 1.29 is 37.4 Å². The van der Waals surface area contributed by atoms with E-state index in [2.05, 4.69) is 5.32 Å². The van der Waals surface area contributed by atoms with Crippen LogP contribution in [0.2, 0.25) is 0 Å². The van der Waals surface area contributed by atoms with Crippen molar-refractivity contribution in [1.82, 2.24) is 4.90 Å². The number of amides is 3. The van der Waals surface area contributed by atoms with Gasteiger partial charge in [0.1, 0.15) is 0 Å². The van der Waals surface area contributed by atoms with E-state index in [-0.39, 0.29) is 45.6 Å². The summed E-state index contributed by atoms with van der Waals surface area (Å²) in [4.78, 5) is 50.7. The molecule has 0 aromatic heterocycles. The maximum atomic E-state index is 12.7. The normalized spacial score (nSPS) is 12.8. The van der Waals surface area contributed by atoms with Crippen LogP contribution in [-0.4, -0.2) is 61.2 Å². The molecule has 1 aliphatic heterocycles. The van der Waals surface area contributed by atoms with Crippen molar-refractivity contribution in [2.75, 3.05) is 32.2 Å². The first-order valence-electron chi connectivity index (χ1n) is 9.81. The third-order valence-electron chi connectivity index (χ3n) is 4.65. The zero-order chi connectivity index (χ0) is 24.0. The molecule has 0 saturated carbocycles. The van der Waals surface area contributed by atoms with Gasteiger partial charge in [-0.1, -0.05) is 23.9 Å². The molecule has 0 bridgehead atoms. The fraction of sp³-hybridized carbons (Fsp3) is 0.273. The number of nitrogens with zero attached hydrogens (tertiary/aromatic N) is 1. The van der Waals surface area contributed by atoms with E-state index in [9.17, 15) is 28.0 Å². The second-order valence-electron chi connectivity index (χ2n) is 6.87. The molecule has 2 aromatic carbocycles. The maximum Gasteiger partial charge on any atom is 0.338 e. The lowest BCUT2D eigenvalue weighted by atomic mass is 10.1. The van der Waals surface area contributed by atoms with Crippen molar-refractivity contribution in [3.05, 3.63) is 59.2 Å². The Morgan fingerprint density at radius 1 is 1.09 bits per heavy atom. The van der Waals surface area contributed by atoms with Crippen LogP contribution in [0, 0.1) is 0 Å². The Hall–Kier alpha value is -3.31. The SMILES string of the molecule is COCCCN1C(=O)c2ccc(C(=O)OCC(=O)Nc3ccccc3SC(F)F)cc2C1=O. The zero-order valence-corrected chi connectivity index (χ0v) is 18.3. The molecule has 0 saturated heterocycles. The molecule has 0 fully saturated rings. The maximum absolute atomic E-state index is 12.7. The standard InChI is InChI=1S/C22H20F2N2O6S/c1-31-10-4-9-26-19(28)14-8-7-13(11-15(14)20(26)29)21(30)32-12-18(27)25-16-5-2-3-6-17(16)33-22(23)24/h2-3,5-8,11,22H,4,9-10,12H2,1H3,(H,25,27). The number of ether oxygens (including phenoxy) is 2. The Labute approximate surface area is 192 Å². The first-order chi connectivity index (χ1) is 15.8. The Bertz CT molecular complexity index is 1080. The van der Waals surface area contributed by atoms with Crippen molar-refractivity contribution in [2.45, 2.75) is 17.1 Å². The average Bonchev–Trinajstić information content (AvgIpc) is 3.03. The summed E-state index contributed by atoms with van der Waals surface area (Å²) in [5, 5.41) is 2.42. The number of methoxy groups -OCH3 is 1. The van der Waals surface area contributed by atoms with Gasteiger partial charge >= 0.3 is 5.97 Å². The molecule has 2 aromatic rings. The van der Waals surface area contributed by atoms with E-state index in [4.69, 9.17) is 9.47 Å². The lowest BCUT2D eigenvalue weighted by molar-refractivity contribution is -0.119. The Morgan fingerprint density at radius 3 is 2.55 bits per heavy atom. The van der Waals surface area contributed by atoms with E-state index in [0.717, 1.165) is 4.90 Å². The summed E-state index contributed by atoms with van der Waals surface area (Å²) in [6.07, 6.45) is 0.477. The molecule has 174 valence electrons. The minimum atomic E-state index is -2.66. The van der Waals surface area contributed by atoms with Gasteiger partial charge in [-0.2, -0.15) is 8.78 Å². The summed E-state index contributed by atoms with van der Waals surface area (Å²) < 4.78 is 35.2. The van der Waals surface area contributed by atoms with Gasteiger partial charge in [0.05, 0.1) is 22.4 Å². The first-order valence-corrected chi connectivity index (χ1v) is 10.7. The fourth-order valence-electron chi connectivity index (χ4n) is 3.16. The monoisotopic (exact) mass is 478 g/mol. The summed E-state index contributed by atoms with van der Waals surface area (Å²) >= 11 is 0.280. The van der Waals surface area contributed by atoms with Crippen molar-refractivity contribution in [1.29, 1.82) is 0 Å². The molecular weight excluding hydrogens is 458 g/mol. The minimum Gasteiger partial charge on any atom is -0.452 e. The van der Waals surface area contributed by atoms with Gasteiger partial charge in [-0.3, -0.25) is 19.3 Å². The number of alkyl halides is 2. The molecule has 33 heavy (non-hydrogen) atoms. The van der Waals surface area contributed by atoms with Gasteiger partial charge in [-0.05, 0) is 36.8 Å². The highest BCUT2D eigenvalue weighted by molar-refractivity contribution is 7.99. The minimum absolute atomic E-state index is 0.00454. The molecular formula is C22H20F2N2O6S. The van der Waals surface area contributed by atoms with E-state index in [1.54, 1.807) is 12.1 Å². The van der Waals surface area contributed by atoms with Crippen molar-refractivity contribution in [3.8, 4) is 0 Å². The molecule has 0 unspecified atom stereocenters. The summed E-state index contributed by atoms with van der Waals surface area (Å²) in [6.45, 7) is -0.0938. The number of hydrogen-bond acceptors (Lipinski definition) is 7. The van der Waals surface area contributed by atoms with E-state index in [1.807, 2.05) is 0 Å². The number of nitrogens with one attached hydrogen (secondary N) is 1. The smallest absolute Gasteiger partial charge is 0.338 e. The van der Waals surface area contributed by atoms with Crippen LogP contribution in [0.4, 0.5) is 14.5 Å². The molecule has 3 rings (SSSR count). The molecule has 0 radical (unpaired) electrons. The van der Waals surface area contributed by atoms with Gasteiger partial charge in [0.25, 0.3) is 23.5 Å². The number of para-hydroxylation sites is 1. The van der Waals surface area contributed by atoms with Crippen LogP contribution in [0.3, 0.4) is 0 Å². The van der Waals surface area contributed by atoms with Crippen LogP contribution < -0.4 is 5.32 Å². The fourth-order valence-corrected chi connectivity index (χ4v) is 3.75. The number of carbonyl (C=O) groups excluding carboxylic acids is 4. The van der Waals surface area contributed by atoms with Gasteiger partial charge in [0.2, 0.25) is 0 Å². The van der Waals surface area contributed by atoms with Crippen LogP contribution in [0.25, 0.3) is 0 Å². The third-order valence-corrected chi connectivity index (χ3v) is 5.44. The molecule has 0 aliphatic carbocycles. The molecule has 3 amide bonds. The van der Waals surface area contributed by atoms with E-state index < -0.39 is 36.1 Å². The highest BCUT2D eigenvalue weighted by atomic mass is 32.2. The van der Waals surface area contributed by atoms with Crippen LogP contribution in [-0.2, 0) is 14.3 Å². The summed E-state index contributed by atoms with van der Waals surface area (Å²) in [5.74, 6) is -5.23. The van der Waals surface area contributed by atoms with Crippen molar-refractivity contribution >= 4 is 41.1 Å². The third kappa shape index (κ3) is 5.93. The van der Waals surface area contributed by atoms with Crippen LogP contribution >= 0.6 is 11.8 Å². The summed E-state index contributed by atoms with van der Waals surface area (Å²) in [6, 6.07) is 9.95. The number of fused-ring (bicyclic) bond motifs is 1. The average molecular weight is 478 g/mol. The second kappa shape index (κ2) is 11.0. The zero-order valence-electron chi connectivity index (χ0n) is 17.5. The topological polar surface area (TPSA) is 102 Å². The highest BCUT2D eigenvalue weighted by Gasteiger charge is 2.35. The molecule has 8 nitrogen and oxygen atoms in total. The van der Waals surface area contributed by atoms with Crippen LogP contribution in [0.5, 0.6) is 0 Å². The van der Waals surface area contributed by atoms with Gasteiger partial charge in [-0.25, -0.2) is 4.79 Å². The Kier molecular flexibility index (Phi) is 8.12. The number of esters is 1. The van der Waals surface area contributed by atoms with Crippen LogP contribution in [0.1, 0.15) is 37.5 Å². The summed E-state index contributed by atoms with van der Waals surface area (Å²) in [7, 11) is 1.52. The van der Waals surface area contributed by atoms with Gasteiger partial charge in [-0.15, -0.1) is 0 Å². The molecule has 1 heterocycles. The molecule has 0 spiro atoms. The van der Waals surface area contributed by atoms with E-state index in [1.165, 1.54) is 37.4 Å². The Balaban J connectivity index is 1.61. The quantitative estimate of drug-likeness (QED) is 0.242. The number of thioether (sulfide) groups is 1. The van der Waals surface area contributed by atoms with Gasteiger partial charge in [0, 0.05) is 25.2 Å². The molecule has 1 N–H and O–H groups in total. The van der Waals surface area contributed by atoms with Crippen LogP contribution in [0.15, 0.2) is 47.4 Å².